The predicted molar refractivity (Wildman–Crippen MR) is 82.8 cm³/mol. The van der Waals surface area contributed by atoms with Gasteiger partial charge in [-0.15, -0.1) is 0 Å². The lowest BCUT2D eigenvalue weighted by molar-refractivity contribution is -0.116. The van der Waals surface area contributed by atoms with Crippen LogP contribution in [0.5, 0.6) is 0 Å². The Bertz CT molecular complexity index is 748. The van der Waals surface area contributed by atoms with Gasteiger partial charge in [0, 0.05) is 29.2 Å². The van der Waals surface area contributed by atoms with Gasteiger partial charge in [0.25, 0.3) is 0 Å². The fraction of sp³-hybridized carbons (Fsp3) is 0.250. The number of furan rings is 1. The average molecular weight is 348 g/mol. The molecular formula is C16H14BrNO3. The molecule has 0 fully saturated rings. The van der Waals surface area contributed by atoms with Crippen molar-refractivity contribution in [2.75, 3.05) is 11.4 Å². The molecule has 1 aliphatic heterocycles. The Kier molecular flexibility index (Phi) is 3.45. The van der Waals surface area contributed by atoms with Crippen LogP contribution in [-0.4, -0.2) is 18.2 Å². The normalized spacial score (nSPS) is 13.4. The first-order valence-corrected chi connectivity index (χ1v) is 7.47. The molecule has 0 N–H and O–H groups in total. The second-order valence-electron chi connectivity index (χ2n) is 5.16. The van der Waals surface area contributed by atoms with Gasteiger partial charge in [-0.2, -0.15) is 0 Å². The molecule has 4 nitrogen and oxygen atoms in total. The molecule has 0 radical (unpaired) electrons. The predicted octanol–water partition coefficient (Wildman–Crippen LogP) is 3.49. The molecule has 1 amide bonds. The number of fused-ring (bicyclic) bond motifs is 1. The van der Waals surface area contributed by atoms with E-state index in [4.69, 9.17) is 4.42 Å². The zero-order valence-electron chi connectivity index (χ0n) is 11.8. The number of hydrogen-bond acceptors (Lipinski definition) is 3. The third-order valence-electron chi connectivity index (χ3n) is 3.68. The lowest BCUT2D eigenvalue weighted by atomic mass is 10.0. The van der Waals surface area contributed by atoms with Gasteiger partial charge in [-0.3, -0.25) is 9.59 Å². The Morgan fingerprint density at radius 1 is 1.29 bits per heavy atom. The highest BCUT2D eigenvalue weighted by molar-refractivity contribution is 9.10. The molecule has 0 saturated heterocycles. The van der Waals surface area contributed by atoms with Gasteiger partial charge in [-0.1, -0.05) is 15.9 Å². The first-order chi connectivity index (χ1) is 9.97. The molecule has 108 valence electrons. The number of nitrogens with zero attached hydrogens (tertiary/aromatic N) is 1. The number of rotatable bonds is 2. The highest BCUT2D eigenvalue weighted by Gasteiger charge is 2.25. The van der Waals surface area contributed by atoms with E-state index in [1.807, 2.05) is 6.07 Å². The average Bonchev–Trinajstić information content (AvgIpc) is 3.02. The van der Waals surface area contributed by atoms with Crippen molar-refractivity contribution in [1.29, 1.82) is 0 Å². The van der Waals surface area contributed by atoms with Crippen molar-refractivity contribution in [3.8, 4) is 0 Å². The van der Waals surface area contributed by atoms with Crippen LogP contribution in [0.25, 0.3) is 0 Å². The van der Waals surface area contributed by atoms with Gasteiger partial charge in [0.15, 0.2) is 5.78 Å². The van der Waals surface area contributed by atoms with Crippen molar-refractivity contribution < 1.29 is 14.0 Å². The van der Waals surface area contributed by atoms with E-state index < -0.39 is 0 Å². The second kappa shape index (κ2) is 5.15. The van der Waals surface area contributed by atoms with Crippen molar-refractivity contribution in [2.45, 2.75) is 20.3 Å². The van der Waals surface area contributed by atoms with E-state index >= 15 is 0 Å². The zero-order valence-corrected chi connectivity index (χ0v) is 13.4. The number of carbonyl (C=O) groups is 2. The molecule has 0 saturated carbocycles. The van der Waals surface area contributed by atoms with E-state index in [2.05, 4.69) is 15.9 Å². The number of ketones is 1. The van der Waals surface area contributed by atoms with Crippen LogP contribution in [0.15, 0.2) is 33.4 Å². The molecule has 1 aromatic carbocycles. The largest absolute Gasteiger partial charge is 0.469 e. The van der Waals surface area contributed by atoms with Crippen molar-refractivity contribution >= 4 is 33.3 Å². The van der Waals surface area contributed by atoms with Crippen LogP contribution in [0.2, 0.25) is 0 Å². The van der Waals surface area contributed by atoms with Crippen molar-refractivity contribution in [2.24, 2.45) is 0 Å². The first-order valence-electron chi connectivity index (χ1n) is 6.67. The molecule has 0 atom stereocenters. The highest BCUT2D eigenvalue weighted by Crippen LogP contribution is 2.34. The minimum absolute atomic E-state index is 0.00590. The van der Waals surface area contributed by atoms with Crippen molar-refractivity contribution in [3.63, 3.8) is 0 Å². The Hall–Kier alpha value is -1.88. The maximum absolute atomic E-state index is 12.6. The molecule has 0 unspecified atom stereocenters. The van der Waals surface area contributed by atoms with E-state index in [1.165, 1.54) is 13.2 Å². The smallest absolute Gasteiger partial charge is 0.223 e. The summed E-state index contributed by atoms with van der Waals surface area (Å²) in [5.74, 6) is 0.576. The molecule has 5 heteroatoms. The minimum atomic E-state index is -0.114. The Morgan fingerprint density at radius 2 is 2.05 bits per heavy atom. The lowest BCUT2D eigenvalue weighted by Crippen LogP contribution is -2.25. The molecule has 2 heterocycles. The number of amides is 1. The summed E-state index contributed by atoms with van der Waals surface area (Å²) >= 11 is 3.46. The van der Waals surface area contributed by atoms with E-state index in [-0.39, 0.29) is 11.7 Å². The third-order valence-corrected chi connectivity index (χ3v) is 4.34. The van der Waals surface area contributed by atoms with Gasteiger partial charge in [0.1, 0.15) is 12.0 Å². The standard InChI is InChI=1S/C16H14BrNO3/c1-9-5-12(8-21-9)16(20)13-7-15-11(6-14(13)17)3-4-18(15)10(2)19/h5-8H,3-4H2,1-2H3. The second-order valence-corrected chi connectivity index (χ2v) is 6.01. The molecule has 21 heavy (non-hydrogen) atoms. The molecule has 0 spiro atoms. The number of halogens is 1. The molecule has 2 aromatic rings. The lowest BCUT2D eigenvalue weighted by Gasteiger charge is -2.16. The Labute approximate surface area is 130 Å². The van der Waals surface area contributed by atoms with Gasteiger partial charge in [-0.05, 0) is 37.1 Å². The van der Waals surface area contributed by atoms with Crippen molar-refractivity contribution in [1.82, 2.24) is 0 Å². The summed E-state index contributed by atoms with van der Waals surface area (Å²) in [7, 11) is 0. The van der Waals surface area contributed by atoms with Crippen LogP contribution < -0.4 is 4.90 Å². The molecule has 0 bridgehead atoms. The third kappa shape index (κ3) is 2.42. The van der Waals surface area contributed by atoms with Crippen LogP contribution >= 0.6 is 15.9 Å². The monoisotopic (exact) mass is 347 g/mol. The minimum Gasteiger partial charge on any atom is -0.469 e. The van der Waals surface area contributed by atoms with Crippen LogP contribution in [0.3, 0.4) is 0 Å². The van der Waals surface area contributed by atoms with E-state index in [0.29, 0.717) is 23.4 Å². The quantitative estimate of drug-likeness (QED) is 0.781. The number of aryl methyl sites for hydroxylation is 1. The van der Waals surface area contributed by atoms with E-state index in [9.17, 15) is 9.59 Å². The number of benzene rings is 1. The van der Waals surface area contributed by atoms with E-state index in [0.717, 1.165) is 22.1 Å². The van der Waals surface area contributed by atoms with Crippen LogP contribution in [0.4, 0.5) is 5.69 Å². The molecule has 1 aromatic heterocycles. The van der Waals surface area contributed by atoms with Crippen molar-refractivity contribution in [3.05, 3.63) is 51.4 Å². The summed E-state index contributed by atoms with van der Waals surface area (Å²) < 4.78 is 5.94. The summed E-state index contributed by atoms with van der Waals surface area (Å²) in [6.07, 6.45) is 2.27. The molecule has 1 aliphatic rings. The molecule has 3 rings (SSSR count). The van der Waals surface area contributed by atoms with Crippen LogP contribution in [0, 0.1) is 6.92 Å². The fourth-order valence-electron chi connectivity index (χ4n) is 2.63. The molecule has 0 aliphatic carbocycles. The number of hydrogen-bond donors (Lipinski definition) is 0. The van der Waals surface area contributed by atoms with E-state index in [1.54, 1.807) is 24.0 Å². The molecular weight excluding hydrogens is 334 g/mol. The summed E-state index contributed by atoms with van der Waals surface area (Å²) in [6, 6.07) is 5.43. The maximum Gasteiger partial charge on any atom is 0.223 e. The summed E-state index contributed by atoms with van der Waals surface area (Å²) in [5, 5.41) is 0. The summed E-state index contributed by atoms with van der Waals surface area (Å²) in [6.45, 7) is 4.00. The van der Waals surface area contributed by atoms with Crippen LogP contribution in [0.1, 0.15) is 34.2 Å². The van der Waals surface area contributed by atoms with Gasteiger partial charge >= 0.3 is 0 Å². The highest BCUT2D eigenvalue weighted by atomic mass is 79.9. The van der Waals surface area contributed by atoms with Gasteiger partial charge in [0.2, 0.25) is 5.91 Å². The van der Waals surface area contributed by atoms with Crippen LogP contribution in [-0.2, 0) is 11.2 Å². The Balaban J connectivity index is 2.06. The van der Waals surface area contributed by atoms with Gasteiger partial charge < -0.3 is 9.32 Å². The number of anilines is 1. The summed E-state index contributed by atoms with van der Waals surface area (Å²) in [5.41, 5.74) is 2.97. The zero-order chi connectivity index (χ0) is 15.1. The first kappa shape index (κ1) is 14.1. The topological polar surface area (TPSA) is 50.5 Å². The van der Waals surface area contributed by atoms with Gasteiger partial charge in [0.05, 0.1) is 5.56 Å². The fourth-order valence-corrected chi connectivity index (χ4v) is 3.20. The SMILES string of the molecule is CC(=O)N1CCc2cc(Br)c(C(=O)c3coc(C)c3)cc21. The van der Waals surface area contributed by atoms with Gasteiger partial charge in [-0.25, -0.2) is 0 Å². The maximum atomic E-state index is 12.6. The number of carbonyl (C=O) groups excluding carboxylic acids is 2. The summed E-state index contributed by atoms with van der Waals surface area (Å²) in [4.78, 5) is 25.9. The Morgan fingerprint density at radius 3 is 2.67 bits per heavy atom.